The molecule has 0 aliphatic rings. The predicted molar refractivity (Wildman–Crippen MR) is 67.9 cm³/mol. The lowest BCUT2D eigenvalue weighted by molar-refractivity contribution is -0.134. The van der Waals surface area contributed by atoms with E-state index in [1.807, 2.05) is 31.7 Å². The van der Waals surface area contributed by atoms with Crippen LogP contribution in [-0.4, -0.2) is 17.4 Å². The van der Waals surface area contributed by atoms with Crippen molar-refractivity contribution >= 4 is 33.2 Å². The zero-order chi connectivity index (χ0) is 11.4. The molecule has 84 valence electrons. The number of amides is 1. The molecular formula is C11H16BrNOS. The second kappa shape index (κ2) is 5.66. The molecular weight excluding hydrogens is 274 g/mol. The Kier molecular flexibility index (Phi) is 4.80. The number of thiophene rings is 1. The van der Waals surface area contributed by atoms with Gasteiger partial charge in [0.15, 0.2) is 0 Å². The number of nitrogens with zero attached hydrogens (tertiary/aromatic N) is 1. The minimum atomic E-state index is 0.0772. The summed E-state index contributed by atoms with van der Waals surface area (Å²) in [7, 11) is 0. The van der Waals surface area contributed by atoms with Gasteiger partial charge in [0, 0.05) is 17.3 Å². The highest BCUT2D eigenvalue weighted by Crippen LogP contribution is 2.23. The number of carbonyl (C=O) groups is 1. The average Bonchev–Trinajstić information content (AvgIpc) is 2.59. The van der Waals surface area contributed by atoms with Gasteiger partial charge in [-0.15, -0.1) is 11.3 Å². The Bertz CT molecular complexity index is 335. The van der Waals surface area contributed by atoms with Crippen molar-refractivity contribution < 1.29 is 4.79 Å². The molecule has 1 rings (SSSR count). The van der Waals surface area contributed by atoms with Crippen molar-refractivity contribution in [1.82, 2.24) is 4.90 Å². The van der Waals surface area contributed by atoms with Crippen molar-refractivity contribution in [3.05, 3.63) is 20.8 Å². The predicted octanol–water partition coefficient (Wildman–Crippen LogP) is 3.52. The lowest BCUT2D eigenvalue weighted by atomic mass is 10.2. The van der Waals surface area contributed by atoms with E-state index in [-0.39, 0.29) is 11.8 Å². The molecule has 0 fully saturated rings. The van der Waals surface area contributed by atoms with Gasteiger partial charge in [-0.05, 0) is 35.0 Å². The van der Waals surface area contributed by atoms with E-state index in [9.17, 15) is 4.79 Å². The van der Waals surface area contributed by atoms with Gasteiger partial charge in [0.1, 0.15) is 0 Å². The van der Waals surface area contributed by atoms with Crippen LogP contribution in [0.2, 0.25) is 0 Å². The van der Waals surface area contributed by atoms with E-state index >= 15 is 0 Å². The first-order valence-electron chi connectivity index (χ1n) is 5.07. The summed E-state index contributed by atoms with van der Waals surface area (Å²) in [5, 5.41) is 0. The van der Waals surface area contributed by atoms with Crippen molar-refractivity contribution in [2.45, 2.75) is 27.3 Å². The molecule has 0 aliphatic heterocycles. The van der Waals surface area contributed by atoms with Crippen molar-refractivity contribution in [2.75, 3.05) is 6.54 Å². The zero-order valence-corrected chi connectivity index (χ0v) is 11.7. The third-order valence-corrected chi connectivity index (χ3v) is 3.77. The summed E-state index contributed by atoms with van der Waals surface area (Å²) in [6.45, 7) is 7.39. The molecule has 0 atom stereocenters. The van der Waals surface area contributed by atoms with Crippen molar-refractivity contribution in [3.63, 3.8) is 0 Å². The third kappa shape index (κ3) is 3.61. The maximum atomic E-state index is 11.8. The Morgan fingerprint density at radius 2 is 2.20 bits per heavy atom. The summed E-state index contributed by atoms with van der Waals surface area (Å²) in [5.41, 5.74) is 0. The van der Waals surface area contributed by atoms with Crippen molar-refractivity contribution in [2.24, 2.45) is 5.92 Å². The van der Waals surface area contributed by atoms with Gasteiger partial charge in [-0.3, -0.25) is 4.79 Å². The van der Waals surface area contributed by atoms with E-state index < -0.39 is 0 Å². The summed E-state index contributed by atoms with van der Waals surface area (Å²) in [4.78, 5) is 14.9. The van der Waals surface area contributed by atoms with Crippen LogP contribution in [0.1, 0.15) is 25.6 Å². The van der Waals surface area contributed by atoms with Gasteiger partial charge in [-0.1, -0.05) is 13.8 Å². The van der Waals surface area contributed by atoms with Crippen LogP contribution in [-0.2, 0) is 11.3 Å². The fourth-order valence-corrected chi connectivity index (χ4v) is 2.83. The molecule has 1 heterocycles. The Hall–Kier alpha value is -0.350. The monoisotopic (exact) mass is 289 g/mol. The van der Waals surface area contributed by atoms with E-state index in [1.54, 1.807) is 11.3 Å². The maximum absolute atomic E-state index is 11.8. The number of halogens is 1. The fourth-order valence-electron chi connectivity index (χ4n) is 1.34. The lowest BCUT2D eigenvalue weighted by Crippen LogP contribution is -2.33. The number of carbonyl (C=O) groups excluding carboxylic acids is 1. The minimum absolute atomic E-state index is 0.0772. The van der Waals surface area contributed by atoms with E-state index in [2.05, 4.69) is 22.0 Å². The smallest absolute Gasteiger partial charge is 0.225 e. The number of hydrogen-bond acceptors (Lipinski definition) is 2. The Labute approximate surface area is 103 Å². The molecule has 0 saturated carbocycles. The van der Waals surface area contributed by atoms with Crippen LogP contribution in [0.3, 0.4) is 0 Å². The molecule has 2 nitrogen and oxygen atoms in total. The van der Waals surface area contributed by atoms with Crippen LogP contribution in [0.5, 0.6) is 0 Å². The second-order valence-electron chi connectivity index (χ2n) is 3.71. The van der Waals surface area contributed by atoms with Crippen LogP contribution in [0.4, 0.5) is 0 Å². The molecule has 0 N–H and O–H groups in total. The first kappa shape index (κ1) is 12.7. The first-order chi connectivity index (χ1) is 7.04. The lowest BCUT2D eigenvalue weighted by Gasteiger charge is -2.22. The molecule has 15 heavy (non-hydrogen) atoms. The van der Waals surface area contributed by atoms with Gasteiger partial charge in [-0.25, -0.2) is 0 Å². The van der Waals surface area contributed by atoms with E-state index in [0.717, 1.165) is 16.9 Å². The van der Waals surface area contributed by atoms with E-state index in [1.165, 1.54) is 4.88 Å². The molecule has 0 aromatic carbocycles. The van der Waals surface area contributed by atoms with Crippen LogP contribution in [0, 0.1) is 5.92 Å². The van der Waals surface area contributed by atoms with Crippen LogP contribution in [0.15, 0.2) is 15.9 Å². The molecule has 0 unspecified atom stereocenters. The molecule has 1 aromatic heterocycles. The van der Waals surface area contributed by atoms with E-state index in [0.29, 0.717) is 0 Å². The van der Waals surface area contributed by atoms with Gasteiger partial charge in [0.05, 0.1) is 10.3 Å². The average molecular weight is 290 g/mol. The molecule has 0 bridgehead atoms. The summed E-state index contributed by atoms with van der Waals surface area (Å²) in [6.07, 6.45) is 0. The zero-order valence-electron chi connectivity index (χ0n) is 9.29. The first-order valence-corrected chi connectivity index (χ1v) is 6.68. The SMILES string of the molecule is CCN(Cc1ccc(Br)s1)C(=O)C(C)C. The summed E-state index contributed by atoms with van der Waals surface area (Å²) < 4.78 is 1.12. The quantitative estimate of drug-likeness (QED) is 0.831. The largest absolute Gasteiger partial charge is 0.338 e. The van der Waals surface area contributed by atoms with Crippen molar-refractivity contribution in [3.8, 4) is 0 Å². The molecule has 1 amide bonds. The van der Waals surface area contributed by atoms with Crippen LogP contribution in [0.25, 0.3) is 0 Å². The minimum Gasteiger partial charge on any atom is -0.338 e. The highest BCUT2D eigenvalue weighted by atomic mass is 79.9. The molecule has 0 aliphatic carbocycles. The normalized spacial score (nSPS) is 10.7. The summed E-state index contributed by atoms with van der Waals surface area (Å²) >= 11 is 5.11. The van der Waals surface area contributed by atoms with Crippen LogP contribution >= 0.6 is 27.3 Å². The highest BCUT2D eigenvalue weighted by molar-refractivity contribution is 9.11. The van der Waals surface area contributed by atoms with Gasteiger partial charge >= 0.3 is 0 Å². The van der Waals surface area contributed by atoms with Gasteiger partial charge in [0.2, 0.25) is 5.91 Å². The standard InChI is InChI=1S/C11H16BrNOS/c1-4-13(11(14)8(2)3)7-9-5-6-10(12)15-9/h5-6,8H,4,7H2,1-3H3. The molecule has 4 heteroatoms. The number of hydrogen-bond donors (Lipinski definition) is 0. The summed E-state index contributed by atoms with van der Waals surface area (Å²) in [6, 6.07) is 4.08. The van der Waals surface area contributed by atoms with E-state index in [4.69, 9.17) is 0 Å². The van der Waals surface area contributed by atoms with Gasteiger partial charge < -0.3 is 4.90 Å². The summed E-state index contributed by atoms with van der Waals surface area (Å²) in [5.74, 6) is 0.301. The van der Waals surface area contributed by atoms with Gasteiger partial charge in [0.25, 0.3) is 0 Å². The maximum Gasteiger partial charge on any atom is 0.225 e. The highest BCUT2D eigenvalue weighted by Gasteiger charge is 2.16. The topological polar surface area (TPSA) is 20.3 Å². The Balaban J connectivity index is 2.65. The fraction of sp³-hybridized carbons (Fsp3) is 0.545. The molecule has 0 radical (unpaired) electrons. The Morgan fingerprint density at radius 3 is 2.60 bits per heavy atom. The third-order valence-electron chi connectivity index (χ3n) is 2.16. The van der Waals surface area contributed by atoms with Crippen LogP contribution < -0.4 is 0 Å². The number of rotatable bonds is 4. The van der Waals surface area contributed by atoms with Gasteiger partial charge in [-0.2, -0.15) is 0 Å². The van der Waals surface area contributed by atoms with Crippen molar-refractivity contribution in [1.29, 1.82) is 0 Å². The molecule has 1 aromatic rings. The Morgan fingerprint density at radius 1 is 1.53 bits per heavy atom. The molecule has 0 saturated heterocycles. The molecule has 0 spiro atoms. The second-order valence-corrected chi connectivity index (χ2v) is 6.26.